The maximum absolute atomic E-state index is 13.6. The second-order valence-corrected chi connectivity index (χ2v) is 21.8. The minimum atomic E-state index is -3.25. The summed E-state index contributed by atoms with van der Waals surface area (Å²) in [5.41, 5.74) is 0. The zero-order chi connectivity index (χ0) is 32.0. The third kappa shape index (κ3) is 6.82. The Morgan fingerprint density at radius 2 is 0.909 bits per heavy atom. The van der Waals surface area contributed by atoms with Crippen LogP contribution in [0.4, 0.5) is 0 Å². The summed E-state index contributed by atoms with van der Waals surface area (Å²) in [6.07, 6.45) is -1.63. The zero-order valence-electron chi connectivity index (χ0n) is 26.3. The van der Waals surface area contributed by atoms with E-state index in [0.29, 0.717) is 0 Å². The van der Waals surface area contributed by atoms with Crippen LogP contribution in [0.5, 0.6) is 0 Å². The van der Waals surface area contributed by atoms with Gasteiger partial charge in [0, 0.05) is 0 Å². The first kappa shape index (κ1) is 33.6. The Bertz CT molecular complexity index is 1440. The molecule has 44 heavy (non-hydrogen) atoms. The molecule has 5 nitrogen and oxygen atoms in total. The number of hydrogen-bond acceptors (Lipinski definition) is 5. The maximum atomic E-state index is 13.6. The summed E-state index contributed by atoms with van der Waals surface area (Å²) in [6, 6.07) is 39.6. The summed E-state index contributed by atoms with van der Waals surface area (Å²) in [5, 5.41) is 2.21. The van der Waals surface area contributed by atoms with Crippen molar-refractivity contribution < 1.29 is 23.2 Å². The Hall–Kier alpha value is -3.34. The van der Waals surface area contributed by atoms with Crippen LogP contribution in [0.15, 0.2) is 121 Å². The number of carbonyl (C=O) groups is 2. The molecule has 0 aliphatic heterocycles. The fourth-order valence-electron chi connectivity index (χ4n) is 6.05. The SMILES string of the molecule is CC(C)(C)[Si](OCC(=O)OC(O[Si](c1ccccc1)(c1ccccc1)C(C)(C)C)C(=O)Cl)(c1ccccc1)c1ccccc1. The van der Waals surface area contributed by atoms with E-state index in [1.807, 2.05) is 121 Å². The largest absolute Gasteiger partial charge is 0.426 e. The molecule has 1 atom stereocenters. The highest BCUT2D eigenvalue weighted by atomic mass is 35.5. The molecule has 0 radical (unpaired) electrons. The van der Waals surface area contributed by atoms with Gasteiger partial charge in [-0.05, 0) is 42.4 Å². The quantitative estimate of drug-likeness (QED) is 0.0898. The molecule has 0 N–H and O–H groups in total. The number of ether oxygens (including phenoxy) is 1. The minimum absolute atomic E-state index is 0.344. The van der Waals surface area contributed by atoms with Crippen molar-refractivity contribution in [1.82, 2.24) is 0 Å². The Balaban J connectivity index is 1.70. The van der Waals surface area contributed by atoms with Crippen LogP contribution in [0.25, 0.3) is 0 Å². The Labute approximate surface area is 268 Å². The molecule has 1 unspecified atom stereocenters. The number of hydrogen-bond donors (Lipinski definition) is 0. The Morgan fingerprint density at radius 3 is 1.20 bits per heavy atom. The van der Waals surface area contributed by atoms with Gasteiger partial charge in [-0.15, -0.1) is 0 Å². The van der Waals surface area contributed by atoms with Gasteiger partial charge in [-0.25, -0.2) is 4.79 Å². The van der Waals surface area contributed by atoms with Crippen molar-refractivity contribution in [2.45, 2.75) is 57.9 Å². The Kier molecular flexibility index (Phi) is 10.5. The average Bonchev–Trinajstić information content (AvgIpc) is 3.00. The van der Waals surface area contributed by atoms with Gasteiger partial charge in [0.25, 0.3) is 28.2 Å². The molecular weight excluding hydrogens is 604 g/mol. The monoisotopic (exact) mass is 644 g/mol. The van der Waals surface area contributed by atoms with E-state index in [2.05, 4.69) is 41.5 Å². The average molecular weight is 645 g/mol. The van der Waals surface area contributed by atoms with E-state index in [0.717, 1.165) is 20.7 Å². The summed E-state index contributed by atoms with van der Waals surface area (Å²) >= 11 is 6.12. The number of carbonyl (C=O) groups excluding carboxylic acids is 2. The van der Waals surface area contributed by atoms with Gasteiger partial charge in [0.15, 0.2) is 0 Å². The predicted molar refractivity (Wildman–Crippen MR) is 183 cm³/mol. The summed E-state index contributed by atoms with van der Waals surface area (Å²) in [5.74, 6) is -0.727. The minimum Gasteiger partial charge on any atom is -0.426 e. The van der Waals surface area contributed by atoms with E-state index in [1.54, 1.807) is 0 Å². The van der Waals surface area contributed by atoms with Crippen molar-refractivity contribution in [3.63, 3.8) is 0 Å². The molecule has 0 heterocycles. The lowest BCUT2D eigenvalue weighted by Gasteiger charge is -2.44. The molecule has 0 saturated heterocycles. The lowest BCUT2D eigenvalue weighted by molar-refractivity contribution is -0.171. The molecule has 230 valence electrons. The van der Waals surface area contributed by atoms with Crippen LogP contribution in [0.1, 0.15) is 41.5 Å². The number of rotatable bonds is 11. The van der Waals surface area contributed by atoms with Crippen LogP contribution < -0.4 is 20.7 Å². The van der Waals surface area contributed by atoms with Crippen molar-refractivity contribution in [2.75, 3.05) is 6.61 Å². The summed E-state index contributed by atoms with van der Waals surface area (Å²) < 4.78 is 19.3. The van der Waals surface area contributed by atoms with E-state index in [9.17, 15) is 9.59 Å². The number of halogens is 1. The van der Waals surface area contributed by atoms with Crippen LogP contribution in [0.3, 0.4) is 0 Å². The number of benzene rings is 4. The van der Waals surface area contributed by atoms with Gasteiger partial charge in [0.2, 0.25) is 0 Å². The van der Waals surface area contributed by atoms with Crippen molar-refractivity contribution in [1.29, 1.82) is 0 Å². The molecular formula is C36H41ClO5Si2. The van der Waals surface area contributed by atoms with Crippen LogP contribution in [0.2, 0.25) is 10.1 Å². The molecule has 0 spiro atoms. The van der Waals surface area contributed by atoms with Crippen molar-refractivity contribution in [3.05, 3.63) is 121 Å². The van der Waals surface area contributed by atoms with E-state index in [4.69, 9.17) is 25.2 Å². The summed E-state index contributed by atoms with van der Waals surface area (Å²) in [4.78, 5) is 26.5. The zero-order valence-corrected chi connectivity index (χ0v) is 29.0. The molecule has 0 aliphatic rings. The van der Waals surface area contributed by atoms with Gasteiger partial charge < -0.3 is 13.6 Å². The van der Waals surface area contributed by atoms with E-state index < -0.39 is 39.2 Å². The second-order valence-electron chi connectivity index (χ2n) is 12.9. The molecule has 4 rings (SSSR count). The third-order valence-corrected chi connectivity index (χ3v) is 18.1. The molecule has 0 fully saturated rings. The molecule has 4 aromatic carbocycles. The first-order valence-corrected chi connectivity index (χ1v) is 18.9. The Morgan fingerprint density at radius 1 is 0.591 bits per heavy atom. The van der Waals surface area contributed by atoms with E-state index >= 15 is 0 Å². The first-order valence-electron chi connectivity index (χ1n) is 14.8. The van der Waals surface area contributed by atoms with Crippen LogP contribution >= 0.6 is 11.6 Å². The fraction of sp³-hybridized carbons (Fsp3) is 0.278. The van der Waals surface area contributed by atoms with Gasteiger partial charge in [0.05, 0.1) is 0 Å². The second kappa shape index (κ2) is 13.8. The molecule has 0 bridgehead atoms. The van der Waals surface area contributed by atoms with Gasteiger partial charge >= 0.3 is 5.97 Å². The first-order chi connectivity index (χ1) is 20.8. The fourth-order valence-corrected chi connectivity index (χ4v) is 15.2. The van der Waals surface area contributed by atoms with E-state index in [-0.39, 0.29) is 11.6 Å². The lowest BCUT2D eigenvalue weighted by Crippen LogP contribution is -2.68. The lowest BCUT2D eigenvalue weighted by atomic mass is 10.2. The van der Waals surface area contributed by atoms with Crippen molar-refractivity contribution >= 4 is 60.2 Å². The number of esters is 1. The molecule has 0 aliphatic carbocycles. The maximum Gasteiger partial charge on any atom is 0.333 e. The third-order valence-electron chi connectivity index (χ3n) is 7.95. The van der Waals surface area contributed by atoms with Crippen molar-refractivity contribution in [2.24, 2.45) is 0 Å². The molecule has 8 heteroatoms. The molecule has 4 aromatic rings. The van der Waals surface area contributed by atoms with Crippen LogP contribution in [-0.2, 0) is 23.2 Å². The van der Waals surface area contributed by atoms with Gasteiger partial charge in [0.1, 0.15) is 6.61 Å². The van der Waals surface area contributed by atoms with Gasteiger partial charge in [-0.3, -0.25) is 4.79 Å². The molecule has 0 saturated carbocycles. The normalized spacial score (nSPS) is 13.2. The van der Waals surface area contributed by atoms with Gasteiger partial charge in [-0.1, -0.05) is 163 Å². The van der Waals surface area contributed by atoms with Crippen molar-refractivity contribution in [3.8, 4) is 0 Å². The highest BCUT2D eigenvalue weighted by Crippen LogP contribution is 2.39. The topological polar surface area (TPSA) is 61.8 Å². The standard InChI is InChI=1S/C36H41ClO5Si2/c1-35(2,3)43(28-19-11-7-12-20-28,29-21-13-8-14-22-29)40-27-32(38)41-34(33(37)39)42-44(36(4,5)6,30-23-15-9-16-24-30)31-25-17-10-18-26-31/h7-26,34H,27H2,1-6H3. The highest BCUT2D eigenvalue weighted by Gasteiger charge is 2.54. The van der Waals surface area contributed by atoms with Gasteiger partial charge in [-0.2, -0.15) is 0 Å². The molecule has 0 amide bonds. The van der Waals surface area contributed by atoms with Crippen LogP contribution in [-0.4, -0.2) is 40.7 Å². The smallest absolute Gasteiger partial charge is 0.333 e. The summed E-state index contributed by atoms with van der Waals surface area (Å²) in [6.45, 7) is 12.2. The molecule has 0 aromatic heterocycles. The highest BCUT2D eigenvalue weighted by molar-refractivity contribution is 7.00. The summed E-state index contributed by atoms with van der Waals surface area (Å²) in [7, 11) is -6.27. The van der Waals surface area contributed by atoms with E-state index in [1.165, 1.54) is 0 Å². The predicted octanol–water partition coefficient (Wildman–Crippen LogP) is 5.77. The van der Waals surface area contributed by atoms with Crippen LogP contribution in [0, 0.1) is 0 Å².